The van der Waals surface area contributed by atoms with E-state index in [1.54, 1.807) is 24.3 Å². The Hall–Kier alpha value is -3.89. The summed E-state index contributed by atoms with van der Waals surface area (Å²) in [5, 5.41) is 13.2. The number of rotatable bonds is 8. The van der Waals surface area contributed by atoms with Crippen molar-refractivity contribution in [2.24, 2.45) is 11.3 Å². The molecule has 4 aromatic rings. The third-order valence-corrected chi connectivity index (χ3v) is 9.61. The Morgan fingerprint density at radius 1 is 0.864 bits per heavy atom. The van der Waals surface area contributed by atoms with E-state index in [-0.39, 0.29) is 11.5 Å². The molecule has 228 valence electrons. The summed E-state index contributed by atoms with van der Waals surface area (Å²) in [5.74, 6) is -0.171. The number of amides is 1. The van der Waals surface area contributed by atoms with Gasteiger partial charge < -0.3 is 10.4 Å². The average Bonchev–Trinajstić information content (AvgIpc) is 3.00. The van der Waals surface area contributed by atoms with Crippen LogP contribution in [-0.4, -0.2) is 17.0 Å². The molecule has 0 heterocycles. The maximum Gasteiger partial charge on any atom is 0.335 e. The van der Waals surface area contributed by atoms with Crippen LogP contribution in [0.15, 0.2) is 91.0 Å². The summed E-state index contributed by atoms with van der Waals surface area (Å²) < 4.78 is 0. The minimum Gasteiger partial charge on any atom is -0.478 e. The van der Waals surface area contributed by atoms with Crippen molar-refractivity contribution in [1.29, 1.82) is 0 Å². The Kier molecular flexibility index (Phi) is 9.60. The van der Waals surface area contributed by atoms with Crippen LogP contribution in [0.5, 0.6) is 0 Å². The molecule has 0 saturated heterocycles. The minimum absolute atomic E-state index is 0.0961. The van der Waals surface area contributed by atoms with E-state index < -0.39 is 11.9 Å². The lowest BCUT2D eigenvalue weighted by molar-refractivity contribution is -0.117. The zero-order valence-electron chi connectivity index (χ0n) is 26.1. The molecule has 5 rings (SSSR count). The van der Waals surface area contributed by atoms with E-state index in [2.05, 4.69) is 50.4 Å². The Morgan fingerprint density at radius 2 is 1.50 bits per heavy atom. The van der Waals surface area contributed by atoms with Crippen LogP contribution < -0.4 is 5.32 Å². The van der Waals surface area contributed by atoms with Gasteiger partial charge in [0.25, 0.3) is 0 Å². The minimum atomic E-state index is -0.963. The standard InChI is InChI=1S/C39H42ClNO3/c1-25-23-33(40)19-22-35(25)29-15-20-34(21-16-29)41-37(42)36(24-26-5-7-31(8-6-26)38(43)44)30-11-9-27(10-12-30)28-13-17-32(18-14-28)39(2,3)4/h5-12,15-16,19-23,28,32,36H,13-14,17-18,24H2,1-4H3,(H,41,42)(H,43,44)/t28?,32?,36-/m1/s1. The molecule has 0 radical (unpaired) electrons. The lowest BCUT2D eigenvalue weighted by Gasteiger charge is -2.37. The van der Waals surface area contributed by atoms with Gasteiger partial charge in [0.05, 0.1) is 11.5 Å². The summed E-state index contributed by atoms with van der Waals surface area (Å²) in [6.45, 7) is 9.08. The van der Waals surface area contributed by atoms with E-state index in [0.717, 1.165) is 39.4 Å². The van der Waals surface area contributed by atoms with Crippen LogP contribution in [0.3, 0.4) is 0 Å². The number of carboxylic acid groups (broad SMARTS) is 1. The fourth-order valence-corrected chi connectivity index (χ4v) is 6.81. The first-order chi connectivity index (χ1) is 21.0. The van der Waals surface area contributed by atoms with E-state index in [1.165, 1.54) is 31.2 Å². The highest BCUT2D eigenvalue weighted by Gasteiger charge is 2.30. The molecule has 1 fully saturated rings. The molecule has 44 heavy (non-hydrogen) atoms. The highest BCUT2D eigenvalue weighted by Crippen LogP contribution is 2.43. The number of nitrogens with one attached hydrogen (secondary N) is 1. The van der Waals surface area contributed by atoms with Gasteiger partial charge in [-0.25, -0.2) is 4.79 Å². The second-order valence-electron chi connectivity index (χ2n) is 13.4. The van der Waals surface area contributed by atoms with Crippen molar-refractivity contribution >= 4 is 29.2 Å². The van der Waals surface area contributed by atoms with Crippen LogP contribution in [0.2, 0.25) is 5.02 Å². The Labute approximate surface area is 266 Å². The van der Waals surface area contributed by atoms with Crippen molar-refractivity contribution in [1.82, 2.24) is 0 Å². The lowest BCUT2D eigenvalue weighted by Crippen LogP contribution is -2.25. The molecule has 0 bridgehead atoms. The highest BCUT2D eigenvalue weighted by molar-refractivity contribution is 6.30. The van der Waals surface area contributed by atoms with Gasteiger partial charge in [0.15, 0.2) is 0 Å². The molecule has 4 nitrogen and oxygen atoms in total. The van der Waals surface area contributed by atoms with Crippen molar-refractivity contribution < 1.29 is 14.7 Å². The smallest absolute Gasteiger partial charge is 0.335 e. The van der Waals surface area contributed by atoms with Crippen LogP contribution in [0.4, 0.5) is 5.69 Å². The number of halogens is 1. The Balaban J connectivity index is 1.35. The summed E-state index contributed by atoms with van der Waals surface area (Å²) in [6, 6.07) is 29.1. The number of anilines is 1. The third kappa shape index (κ3) is 7.60. The largest absolute Gasteiger partial charge is 0.478 e. The molecule has 0 aliphatic heterocycles. The van der Waals surface area contributed by atoms with Crippen molar-refractivity contribution in [3.8, 4) is 11.1 Å². The van der Waals surface area contributed by atoms with Crippen molar-refractivity contribution in [3.05, 3.63) is 124 Å². The van der Waals surface area contributed by atoms with Gasteiger partial charge in [-0.05, 0) is 126 Å². The predicted molar refractivity (Wildman–Crippen MR) is 181 cm³/mol. The fraction of sp³-hybridized carbons (Fsp3) is 0.333. The molecule has 1 saturated carbocycles. The fourth-order valence-electron chi connectivity index (χ4n) is 6.59. The summed E-state index contributed by atoms with van der Waals surface area (Å²) in [6.07, 6.45) is 5.37. The number of aryl methyl sites for hydroxylation is 1. The Bertz CT molecular complexity index is 1590. The molecule has 1 atom stereocenters. The van der Waals surface area contributed by atoms with Crippen LogP contribution >= 0.6 is 11.6 Å². The first-order valence-corrected chi connectivity index (χ1v) is 16.0. The molecule has 0 aromatic heterocycles. The van der Waals surface area contributed by atoms with E-state index in [1.807, 2.05) is 49.4 Å². The van der Waals surface area contributed by atoms with E-state index in [9.17, 15) is 14.7 Å². The van der Waals surface area contributed by atoms with Gasteiger partial charge in [-0.2, -0.15) is 0 Å². The molecule has 1 aliphatic rings. The van der Waals surface area contributed by atoms with Gasteiger partial charge in [0, 0.05) is 10.7 Å². The number of benzene rings is 4. The third-order valence-electron chi connectivity index (χ3n) is 9.37. The van der Waals surface area contributed by atoms with Crippen molar-refractivity contribution in [2.75, 3.05) is 5.32 Å². The SMILES string of the molecule is Cc1cc(Cl)ccc1-c1ccc(NC(=O)[C@H](Cc2ccc(C(=O)O)cc2)c2ccc(C3CCC(C(C)(C)C)CC3)cc2)cc1. The second-order valence-corrected chi connectivity index (χ2v) is 13.8. The quantitative estimate of drug-likeness (QED) is 0.209. The van der Waals surface area contributed by atoms with Gasteiger partial charge in [-0.15, -0.1) is 0 Å². The topological polar surface area (TPSA) is 66.4 Å². The summed E-state index contributed by atoms with van der Waals surface area (Å²) in [4.78, 5) is 25.2. The molecular formula is C39H42ClNO3. The number of carbonyl (C=O) groups excluding carboxylic acids is 1. The normalized spacial score (nSPS) is 17.6. The molecule has 1 aliphatic carbocycles. The van der Waals surface area contributed by atoms with Gasteiger partial charge >= 0.3 is 5.97 Å². The average molecular weight is 608 g/mol. The molecule has 0 spiro atoms. The predicted octanol–water partition coefficient (Wildman–Crippen LogP) is 10.3. The maximum atomic E-state index is 13.8. The monoisotopic (exact) mass is 607 g/mol. The summed E-state index contributed by atoms with van der Waals surface area (Å²) in [5.41, 5.74) is 7.76. The van der Waals surface area contributed by atoms with E-state index >= 15 is 0 Å². The first-order valence-electron chi connectivity index (χ1n) is 15.6. The molecular weight excluding hydrogens is 566 g/mol. The van der Waals surface area contributed by atoms with E-state index in [0.29, 0.717) is 22.8 Å². The highest BCUT2D eigenvalue weighted by atomic mass is 35.5. The molecule has 2 N–H and O–H groups in total. The van der Waals surface area contributed by atoms with Gasteiger partial charge in [-0.1, -0.05) is 87.0 Å². The molecule has 5 heteroatoms. The van der Waals surface area contributed by atoms with Crippen LogP contribution in [-0.2, 0) is 11.2 Å². The van der Waals surface area contributed by atoms with E-state index in [4.69, 9.17) is 11.6 Å². The van der Waals surface area contributed by atoms with Gasteiger partial charge in [0.1, 0.15) is 0 Å². The number of aromatic carboxylic acids is 1. The van der Waals surface area contributed by atoms with Gasteiger partial charge in [0.2, 0.25) is 5.91 Å². The number of carboxylic acids is 1. The summed E-state index contributed by atoms with van der Waals surface area (Å²) >= 11 is 6.14. The zero-order chi connectivity index (χ0) is 31.4. The molecule has 1 amide bonds. The van der Waals surface area contributed by atoms with Crippen LogP contribution in [0.1, 0.15) is 90.9 Å². The molecule has 4 aromatic carbocycles. The number of hydrogen-bond acceptors (Lipinski definition) is 2. The number of hydrogen-bond donors (Lipinski definition) is 2. The van der Waals surface area contributed by atoms with Crippen molar-refractivity contribution in [3.63, 3.8) is 0 Å². The van der Waals surface area contributed by atoms with Crippen LogP contribution in [0.25, 0.3) is 11.1 Å². The summed E-state index contributed by atoms with van der Waals surface area (Å²) in [7, 11) is 0. The maximum absolute atomic E-state index is 13.8. The Morgan fingerprint density at radius 3 is 2.07 bits per heavy atom. The molecule has 0 unspecified atom stereocenters. The van der Waals surface area contributed by atoms with Crippen LogP contribution in [0, 0.1) is 18.3 Å². The zero-order valence-corrected chi connectivity index (χ0v) is 26.8. The van der Waals surface area contributed by atoms with Gasteiger partial charge in [-0.3, -0.25) is 4.79 Å². The first kappa shape index (κ1) is 31.5. The number of carbonyl (C=O) groups is 2. The lowest BCUT2D eigenvalue weighted by atomic mass is 9.68. The second kappa shape index (κ2) is 13.4. The van der Waals surface area contributed by atoms with Crippen molar-refractivity contribution in [2.45, 2.75) is 71.6 Å².